The molecule has 2 aromatic rings. The minimum Gasteiger partial charge on any atom is -0.495 e. The van der Waals surface area contributed by atoms with Crippen LogP contribution < -0.4 is 24.0 Å². The second kappa shape index (κ2) is 10.8. The number of piperazine rings is 1. The predicted molar refractivity (Wildman–Crippen MR) is 132 cm³/mol. The van der Waals surface area contributed by atoms with Crippen molar-refractivity contribution in [2.45, 2.75) is 6.92 Å². The van der Waals surface area contributed by atoms with Crippen molar-refractivity contribution in [2.75, 3.05) is 62.8 Å². The highest BCUT2D eigenvalue weighted by Gasteiger charge is 2.30. The molecule has 9 nitrogen and oxygen atoms in total. The molecule has 1 amide bonds. The summed E-state index contributed by atoms with van der Waals surface area (Å²) < 4.78 is 21.4. The number of benzene rings is 2. The Labute approximate surface area is 209 Å². The Hall–Kier alpha value is -3.59. The van der Waals surface area contributed by atoms with Gasteiger partial charge in [-0.25, -0.2) is 4.79 Å². The molecule has 1 saturated heterocycles. The van der Waals surface area contributed by atoms with E-state index in [9.17, 15) is 9.59 Å². The van der Waals surface area contributed by atoms with Gasteiger partial charge in [-0.1, -0.05) is 11.6 Å². The first kappa shape index (κ1) is 24.5. The van der Waals surface area contributed by atoms with Gasteiger partial charge in [0.05, 0.1) is 24.4 Å². The van der Waals surface area contributed by atoms with Crippen molar-refractivity contribution in [1.82, 2.24) is 4.90 Å². The normalized spacial score (nSPS) is 14.9. The van der Waals surface area contributed by atoms with Crippen LogP contribution in [0.25, 0.3) is 0 Å². The SMILES string of the molecule is C=C1Oc2cc(OCC(=O)OCC)ccc2N1CC(=O)N1CCN(c2ccc(Cl)c(OC)c2)CC1. The molecule has 0 bridgehead atoms. The second-order valence-electron chi connectivity index (χ2n) is 7.99. The number of anilines is 2. The van der Waals surface area contributed by atoms with Crippen molar-refractivity contribution in [3.8, 4) is 17.2 Å². The highest BCUT2D eigenvalue weighted by atomic mass is 35.5. The van der Waals surface area contributed by atoms with Crippen LogP contribution in [0.4, 0.5) is 11.4 Å². The molecule has 0 aromatic heterocycles. The van der Waals surface area contributed by atoms with Crippen LogP contribution in [0.5, 0.6) is 17.2 Å². The van der Waals surface area contributed by atoms with E-state index in [1.807, 2.05) is 23.1 Å². The van der Waals surface area contributed by atoms with Gasteiger partial charge in [0.2, 0.25) is 5.91 Å². The summed E-state index contributed by atoms with van der Waals surface area (Å²) in [5.41, 5.74) is 1.73. The minimum absolute atomic E-state index is 0.0152. The van der Waals surface area contributed by atoms with E-state index in [4.69, 9.17) is 30.5 Å². The third-order valence-electron chi connectivity index (χ3n) is 5.84. The van der Waals surface area contributed by atoms with Crippen LogP contribution in [0.1, 0.15) is 6.92 Å². The van der Waals surface area contributed by atoms with Gasteiger partial charge in [0.25, 0.3) is 0 Å². The van der Waals surface area contributed by atoms with E-state index in [0.29, 0.717) is 60.9 Å². The van der Waals surface area contributed by atoms with Crippen LogP contribution in [0.3, 0.4) is 0 Å². The average molecular weight is 502 g/mol. The Balaban J connectivity index is 1.34. The number of hydrogen-bond donors (Lipinski definition) is 0. The van der Waals surface area contributed by atoms with Gasteiger partial charge in [-0.05, 0) is 37.8 Å². The summed E-state index contributed by atoms with van der Waals surface area (Å²) in [5, 5.41) is 0.566. The smallest absolute Gasteiger partial charge is 0.344 e. The molecule has 0 radical (unpaired) electrons. The molecule has 4 rings (SSSR count). The Morgan fingerprint density at radius 1 is 1.11 bits per heavy atom. The van der Waals surface area contributed by atoms with Gasteiger partial charge < -0.3 is 28.7 Å². The molecular weight excluding hydrogens is 474 g/mol. The summed E-state index contributed by atoms with van der Waals surface area (Å²) in [7, 11) is 1.59. The highest BCUT2D eigenvalue weighted by molar-refractivity contribution is 6.32. The lowest BCUT2D eigenvalue weighted by atomic mass is 10.2. The molecule has 0 aliphatic carbocycles. The molecule has 0 N–H and O–H groups in total. The summed E-state index contributed by atoms with van der Waals surface area (Å²) in [6.07, 6.45) is 0. The Morgan fingerprint density at radius 2 is 1.89 bits per heavy atom. The third kappa shape index (κ3) is 5.57. The number of methoxy groups -OCH3 is 1. The number of halogens is 1. The van der Waals surface area contributed by atoms with Gasteiger partial charge in [-0.15, -0.1) is 0 Å². The molecule has 2 aliphatic rings. The first-order valence-corrected chi connectivity index (χ1v) is 11.7. The summed E-state index contributed by atoms with van der Waals surface area (Å²) >= 11 is 6.13. The number of fused-ring (bicyclic) bond motifs is 1. The lowest BCUT2D eigenvalue weighted by molar-refractivity contribution is -0.145. The first-order valence-electron chi connectivity index (χ1n) is 11.3. The average Bonchev–Trinajstić information content (AvgIpc) is 3.17. The molecule has 2 aliphatic heterocycles. The lowest BCUT2D eigenvalue weighted by Crippen LogP contribution is -2.51. The molecular formula is C25H28ClN3O6. The first-order chi connectivity index (χ1) is 16.9. The van der Waals surface area contributed by atoms with Crippen molar-refractivity contribution in [2.24, 2.45) is 0 Å². The lowest BCUT2D eigenvalue weighted by Gasteiger charge is -2.37. The predicted octanol–water partition coefficient (Wildman–Crippen LogP) is 3.31. The largest absolute Gasteiger partial charge is 0.495 e. The minimum atomic E-state index is -0.444. The second-order valence-corrected chi connectivity index (χ2v) is 8.40. The molecule has 35 heavy (non-hydrogen) atoms. The van der Waals surface area contributed by atoms with E-state index in [1.165, 1.54) is 0 Å². The van der Waals surface area contributed by atoms with Crippen molar-refractivity contribution in [1.29, 1.82) is 0 Å². The van der Waals surface area contributed by atoms with Crippen LogP contribution in [0.2, 0.25) is 5.02 Å². The van der Waals surface area contributed by atoms with Gasteiger partial charge in [0.1, 0.15) is 18.0 Å². The topological polar surface area (TPSA) is 80.8 Å². The summed E-state index contributed by atoms with van der Waals surface area (Å²) in [4.78, 5) is 30.4. The Bertz CT molecular complexity index is 1120. The van der Waals surface area contributed by atoms with E-state index in [0.717, 1.165) is 11.4 Å². The van der Waals surface area contributed by atoms with Crippen molar-refractivity contribution >= 4 is 34.9 Å². The number of nitrogens with zero attached hydrogens (tertiary/aromatic N) is 3. The maximum Gasteiger partial charge on any atom is 0.344 e. The zero-order valence-corrected chi connectivity index (χ0v) is 20.5. The third-order valence-corrected chi connectivity index (χ3v) is 6.15. The van der Waals surface area contributed by atoms with Crippen molar-refractivity contribution < 1.29 is 28.5 Å². The van der Waals surface area contributed by atoms with Gasteiger partial charge in [-0.2, -0.15) is 0 Å². The monoisotopic (exact) mass is 501 g/mol. The zero-order chi connectivity index (χ0) is 24.9. The van der Waals surface area contributed by atoms with E-state index < -0.39 is 5.97 Å². The number of carbonyl (C=O) groups excluding carboxylic acids is 2. The molecule has 0 saturated carbocycles. The molecule has 1 fully saturated rings. The van der Waals surface area contributed by atoms with Crippen LogP contribution in [-0.4, -0.2) is 69.8 Å². The zero-order valence-electron chi connectivity index (χ0n) is 19.8. The summed E-state index contributed by atoms with van der Waals surface area (Å²) in [6, 6.07) is 10.9. The standard InChI is InChI=1S/C25H28ClN3O6/c1-4-33-25(31)16-34-19-6-8-21-23(14-19)35-17(2)29(21)15-24(30)28-11-9-27(10-12-28)18-5-7-20(26)22(13-18)32-3/h5-8,13-14H,2,4,9-12,15-16H2,1,3H3. The fraction of sp³-hybridized carbons (Fsp3) is 0.360. The summed E-state index contributed by atoms with van der Waals surface area (Å²) in [5.74, 6) is 1.52. The quantitative estimate of drug-likeness (QED) is 0.510. The number of carbonyl (C=O) groups is 2. The van der Waals surface area contributed by atoms with Gasteiger partial charge in [0.15, 0.2) is 18.2 Å². The van der Waals surface area contributed by atoms with Crippen LogP contribution in [0.15, 0.2) is 48.9 Å². The van der Waals surface area contributed by atoms with E-state index in [2.05, 4.69) is 11.5 Å². The van der Waals surface area contributed by atoms with E-state index >= 15 is 0 Å². The van der Waals surface area contributed by atoms with Gasteiger partial charge in [0, 0.05) is 44.0 Å². The highest BCUT2D eigenvalue weighted by Crippen LogP contribution is 2.40. The molecule has 186 valence electrons. The fourth-order valence-electron chi connectivity index (χ4n) is 4.02. The van der Waals surface area contributed by atoms with Crippen LogP contribution in [-0.2, 0) is 14.3 Å². The van der Waals surface area contributed by atoms with Gasteiger partial charge in [-0.3, -0.25) is 9.69 Å². The van der Waals surface area contributed by atoms with Crippen LogP contribution >= 0.6 is 11.6 Å². The van der Waals surface area contributed by atoms with Crippen LogP contribution in [0, 0.1) is 0 Å². The molecule has 10 heteroatoms. The number of ether oxygens (including phenoxy) is 4. The molecule has 0 atom stereocenters. The van der Waals surface area contributed by atoms with Crippen molar-refractivity contribution in [3.05, 3.63) is 53.9 Å². The molecule has 0 unspecified atom stereocenters. The molecule has 2 heterocycles. The van der Waals surface area contributed by atoms with Crippen molar-refractivity contribution in [3.63, 3.8) is 0 Å². The van der Waals surface area contributed by atoms with E-state index in [1.54, 1.807) is 37.1 Å². The summed E-state index contributed by atoms with van der Waals surface area (Å²) in [6.45, 7) is 8.49. The molecule has 0 spiro atoms. The fourth-order valence-corrected chi connectivity index (χ4v) is 4.21. The molecule has 2 aromatic carbocycles. The number of amides is 1. The number of hydrogen-bond acceptors (Lipinski definition) is 8. The van der Waals surface area contributed by atoms with E-state index in [-0.39, 0.29) is 19.1 Å². The van der Waals surface area contributed by atoms with Gasteiger partial charge >= 0.3 is 5.97 Å². The Morgan fingerprint density at radius 3 is 2.60 bits per heavy atom. The Kier molecular flexibility index (Phi) is 7.55. The number of rotatable bonds is 8. The maximum atomic E-state index is 13.1. The maximum absolute atomic E-state index is 13.1. The number of esters is 1.